The molecule has 1 rings (SSSR count). The second-order valence-corrected chi connectivity index (χ2v) is 4.41. The maximum atomic E-state index is 11.6. The first kappa shape index (κ1) is 15.8. The van der Waals surface area contributed by atoms with E-state index < -0.39 is 0 Å². The lowest BCUT2D eigenvalue weighted by molar-refractivity contribution is 0.217. The molecule has 0 saturated heterocycles. The minimum absolute atomic E-state index is 0.192. The van der Waals surface area contributed by atoms with E-state index >= 15 is 0 Å². The van der Waals surface area contributed by atoms with Crippen molar-refractivity contribution in [2.45, 2.75) is 6.54 Å². The minimum atomic E-state index is -0.321. The Balaban J connectivity index is 2.28. The lowest BCUT2D eigenvalue weighted by Crippen LogP contribution is -2.40. The van der Waals surface area contributed by atoms with E-state index in [1.807, 2.05) is 18.2 Å². The average Bonchev–Trinajstić information content (AvgIpc) is 2.43. The van der Waals surface area contributed by atoms with E-state index in [9.17, 15) is 9.59 Å². The fourth-order valence-electron chi connectivity index (χ4n) is 1.45. The first-order chi connectivity index (χ1) is 9.52. The molecule has 110 valence electrons. The molecule has 0 radical (unpaired) electrons. The summed E-state index contributed by atoms with van der Waals surface area (Å²) >= 11 is 0. The SMILES string of the molecule is CN(C)C(=O)NCCNC(=O)Nc1cccc(CN)c1. The smallest absolute Gasteiger partial charge is 0.319 e. The highest BCUT2D eigenvalue weighted by molar-refractivity contribution is 5.89. The molecule has 0 aliphatic carbocycles. The van der Waals surface area contributed by atoms with E-state index in [1.54, 1.807) is 20.2 Å². The molecule has 0 aliphatic rings. The summed E-state index contributed by atoms with van der Waals surface area (Å²) in [5, 5.41) is 7.99. The van der Waals surface area contributed by atoms with Gasteiger partial charge in [0.15, 0.2) is 0 Å². The van der Waals surface area contributed by atoms with Gasteiger partial charge in [0.25, 0.3) is 0 Å². The zero-order valence-electron chi connectivity index (χ0n) is 11.8. The van der Waals surface area contributed by atoms with Gasteiger partial charge in [-0.15, -0.1) is 0 Å². The molecule has 20 heavy (non-hydrogen) atoms. The van der Waals surface area contributed by atoms with Crippen LogP contribution < -0.4 is 21.7 Å². The van der Waals surface area contributed by atoms with Gasteiger partial charge in [-0.05, 0) is 17.7 Å². The second kappa shape index (κ2) is 8.00. The molecule has 0 fully saturated rings. The van der Waals surface area contributed by atoms with Crippen molar-refractivity contribution in [3.05, 3.63) is 29.8 Å². The molecule has 0 aromatic heterocycles. The van der Waals surface area contributed by atoms with Crippen LogP contribution in [0.15, 0.2) is 24.3 Å². The van der Waals surface area contributed by atoms with Crippen molar-refractivity contribution in [2.75, 3.05) is 32.5 Å². The average molecular weight is 279 g/mol. The van der Waals surface area contributed by atoms with Gasteiger partial charge in [0, 0.05) is 39.4 Å². The Morgan fingerprint density at radius 1 is 1.20 bits per heavy atom. The van der Waals surface area contributed by atoms with E-state index in [4.69, 9.17) is 5.73 Å². The number of hydrogen-bond donors (Lipinski definition) is 4. The monoisotopic (exact) mass is 279 g/mol. The van der Waals surface area contributed by atoms with Gasteiger partial charge in [0.05, 0.1) is 0 Å². The summed E-state index contributed by atoms with van der Waals surface area (Å²) in [6.45, 7) is 1.14. The molecule has 0 bridgehead atoms. The quantitative estimate of drug-likeness (QED) is 0.592. The molecular formula is C13H21N5O2. The first-order valence-corrected chi connectivity index (χ1v) is 6.32. The fourth-order valence-corrected chi connectivity index (χ4v) is 1.45. The van der Waals surface area contributed by atoms with E-state index in [2.05, 4.69) is 16.0 Å². The van der Waals surface area contributed by atoms with Crippen molar-refractivity contribution < 1.29 is 9.59 Å². The Morgan fingerprint density at radius 3 is 2.55 bits per heavy atom. The largest absolute Gasteiger partial charge is 0.336 e. The van der Waals surface area contributed by atoms with Crippen molar-refractivity contribution in [3.63, 3.8) is 0 Å². The van der Waals surface area contributed by atoms with Crippen LogP contribution >= 0.6 is 0 Å². The van der Waals surface area contributed by atoms with Crippen LogP contribution in [0.2, 0.25) is 0 Å². The van der Waals surface area contributed by atoms with Crippen LogP contribution in [0.1, 0.15) is 5.56 Å². The van der Waals surface area contributed by atoms with Crippen LogP contribution in [-0.2, 0) is 6.54 Å². The Kier molecular flexibility index (Phi) is 6.31. The highest BCUT2D eigenvalue weighted by atomic mass is 16.2. The van der Waals surface area contributed by atoms with Gasteiger partial charge >= 0.3 is 12.1 Å². The molecular weight excluding hydrogens is 258 g/mol. The second-order valence-electron chi connectivity index (χ2n) is 4.41. The van der Waals surface area contributed by atoms with Crippen molar-refractivity contribution >= 4 is 17.7 Å². The van der Waals surface area contributed by atoms with Gasteiger partial charge in [-0.1, -0.05) is 12.1 Å². The number of benzene rings is 1. The van der Waals surface area contributed by atoms with E-state index in [-0.39, 0.29) is 12.1 Å². The summed E-state index contributed by atoms with van der Waals surface area (Å²) in [6.07, 6.45) is 0. The normalized spacial score (nSPS) is 9.75. The fraction of sp³-hybridized carbons (Fsp3) is 0.385. The zero-order valence-corrected chi connectivity index (χ0v) is 11.8. The van der Waals surface area contributed by atoms with Gasteiger partial charge in [-0.25, -0.2) is 9.59 Å². The Hall–Kier alpha value is -2.28. The van der Waals surface area contributed by atoms with Crippen molar-refractivity contribution in [2.24, 2.45) is 5.73 Å². The van der Waals surface area contributed by atoms with E-state index in [1.165, 1.54) is 4.90 Å². The highest BCUT2D eigenvalue weighted by Crippen LogP contribution is 2.09. The number of urea groups is 2. The molecule has 1 aromatic rings. The first-order valence-electron chi connectivity index (χ1n) is 6.32. The van der Waals surface area contributed by atoms with E-state index in [0.717, 1.165) is 5.56 Å². The van der Waals surface area contributed by atoms with Crippen LogP contribution in [0, 0.1) is 0 Å². The maximum Gasteiger partial charge on any atom is 0.319 e. The molecule has 0 spiro atoms. The summed E-state index contributed by atoms with van der Waals surface area (Å²) in [6, 6.07) is 6.80. The third-order valence-electron chi connectivity index (χ3n) is 2.51. The van der Waals surface area contributed by atoms with Crippen molar-refractivity contribution in [1.82, 2.24) is 15.5 Å². The minimum Gasteiger partial charge on any atom is -0.336 e. The predicted molar refractivity (Wildman–Crippen MR) is 78.4 cm³/mol. The number of anilines is 1. The third-order valence-corrected chi connectivity index (χ3v) is 2.51. The Morgan fingerprint density at radius 2 is 1.90 bits per heavy atom. The van der Waals surface area contributed by atoms with Gasteiger partial charge < -0.3 is 26.6 Å². The summed E-state index contributed by atoms with van der Waals surface area (Å²) in [4.78, 5) is 24.3. The number of nitrogens with one attached hydrogen (secondary N) is 3. The molecule has 5 N–H and O–H groups in total. The lowest BCUT2D eigenvalue weighted by atomic mass is 10.2. The summed E-state index contributed by atoms with van der Waals surface area (Å²) < 4.78 is 0. The van der Waals surface area contributed by atoms with Crippen LogP contribution in [0.4, 0.5) is 15.3 Å². The van der Waals surface area contributed by atoms with Crippen molar-refractivity contribution in [1.29, 1.82) is 0 Å². The molecule has 0 aliphatic heterocycles. The van der Waals surface area contributed by atoms with Crippen LogP contribution in [0.25, 0.3) is 0 Å². The lowest BCUT2D eigenvalue weighted by Gasteiger charge is -2.12. The predicted octanol–water partition coefficient (Wildman–Crippen LogP) is 0.538. The number of carbonyl (C=O) groups excluding carboxylic acids is 2. The van der Waals surface area contributed by atoms with Gasteiger partial charge in [-0.2, -0.15) is 0 Å². The van der Waals surface area contributed by atoms with Gasteiger partial charge in [0.1, 0.15) is 0 Å². The number of nitrogens with zero attached hydrogens (tertiary/aromatic N) is 1. The third kappa shape index (κ3) is 5.57. The number of nitrogens with two attached hydrogens (primary N) is 1. The Labute approximate surface area is 118 Å². The summed E-state index contributed by atoms with van der Waals surface area (Å²) in [7, 11) is 3.31. The zero-order chi connectivity index (χ0) is 15.0. The highest BCUT2D eigenvalue weighted by Gasteiger charge is 2.03. The topological polar surface area (TPSA) is 99.5 Å². The summed E-state index contributed by atoms with van der Waals surface area (Å²) in [5.41, 5.74) is 7.16. The van der Waals surface area contributed by atoms with Crippen LogP contribution in [-0.4, -0.2) is 44.1 Å². The number of amides is 4. The Bertz CT molecular complexity index is 462. The number of hydrogen-bond acceptors (Lipinski definition) is 3. The molecule has 0 atom stereocenters. The standard InChI is InChI=1S/C13H21N5O2/c1-18(2)13(20)16-7-6-15-12(19)17-11-5-3-4-10(8-11)9-14/h3-5,8H,6-7,9,14H2,1-2H3,(H,16,20)(H2,15,17,19). The van der Waals surface area contributed by atoms with E-state index in [0.29, 0.717) is 25.3 Å². The number of rotatable bonds is 5. The maximum absolute atomic E-state index is 11.6. The van der Waals surface area contributed by atoms with Crippen LogP contribution in [0.5, 0.6) is 0 Å². The molecule has 0 saturated carbocycles. The summed E-state index contributed by atoms with van der Waals surface area (Å²) in [5.74, 6) is 0. The molecule has 0 heterocycles. The van der Waals surface area contributed by atoms with Gasteiger partial charge in [0.2, 0.25) is 0 Å². The molecule has 4 amide bonds. The van der Waals surface area contributed by atoms with Crippen LogP contribution in [0.3, 0.4) is 0 Å². The molecule has 7 nitrogen and oxygen atoms in total. The molecule has 7 heteroatoms. The molecule has 1 aromatic carbocycles. The van der Waals surface area contributed by atoms with Gasteiger partial charge in [-0.3, -0.25) is 0 Å². The van der Waals surface area contributed by atoms with Crippen molar-refractivity contribution in [3.8, 4) is 0 Å². The molecule has 0 unspecified atom stereocenters. The number of carbonyl (C=O) groups is 2.